The van der Waals surface area contributed by atoms with Gasteiger partial charge in [-0.3, -0.25) is 4.79 Å². The van der Waals surface area contributed by atoms with Crippen molar-refractivity contribution in [2.75, 3.05) is 6.54 Å². The van der Waals surface area contributed by atoms with Crippen molar-refractivity contribution >= 4 is 5.91 Å². The number of benzene rings is 1. The largest absolute Gasteiger partial charge is 0.384 e. The second-order valence-corrected chi connectivity index (χ2v) is 5.77. The maximum atomic E-state index is 12.1. The van der Waals surface area contributed by atoms with Crippen LogP contribution in [0.4, 0.5) is 0 Å². The molecule has 6 nitrogen and oxygen atoms in total. The Kier molecular flexibility index (Phi) is 3.94. The summed E-state index contributed by atoms with van der Waals surface area (Å²) in [6.45, 7) is 4.39. The Morgan fingerprint density at radius 1 is 1.36 bits per heavy atom. The summed E-state index contributed by atoms with van der Waals surface area (Å²) in [5.41, 5.74) is 1.21. The van der Waals surface area contributed by atoms with Crippen molar-refractivity contribution < 1.29 is 9.90 Å². The van der Waals surface area contributed by atoms with E-state index >= 15 is 0 Å². The molecule has 2 heterocycles. The minimum Gasteiger partial charge on any atom is -0.384 e. The minimum absolute atomic E-state index is 0.0869. The van der Waals surface area contributed by atoms with Crippen molar-refractivity contribution in [3.63, 3.8) is 0 Å². The molecule has 116 valence electrons. The van der Waals surface area contributed by atoms with Gasteiger partial charge in [-0.15, -0.1) is 10.2 Å². The Balaban J connectivity index is 1.90. The molecule has 1 aromatic carbocycles. The molecule has 1 N–H and O–H groups in total. The van der Waals surface area contributed by atoms with Crippen molar-refractivity contribution in [2.24, 2.45) is 0 Å². The zero-order chi connectivity index (χ0) is 15.7. The van der Waals surface area contributed by atoms with E-state index in [2.05, 4.69) is 26.9 Å². The number of carbonyl (C=O) groups excluding carboxylic acids is 1. The third kappa shape index (κ3) is 2.74. The standard InChI is InChI=1S/C16H20N4O2/c1-11(21)16(22)19-9-14(8-13-6-4-3-5-7-13)20-12(2)17-18-15(20)10-19/h3-7,11,14,21H,8-10H2,1-2H3/t11-,14+/m0/s1. The van der Waals surface area contributed by atoms with Crippen LogP contribution < -0.4 is 0 Å². The predicted octanol–water partition coefficient (Wildman–Crippen LogP) is 1.09. The smallest absolute Gasteiger partial charge is 0.251 e. The first kappa shape index (κ1) is 14.7. The van der Waals surface area contributed by atoms with Crippen LogP contribution in [0.15, 0.2) is 30.3 Å². The van der Waals surface area contributed by atoms with E-state index in [-0.39, 0.29) is 11.9 Å². The van der Waals surface area contributed by atoms with Crippen LogP contribution in [0.25, 0.3) is 0 Å². The van der Waals surface area contributed by atoms with Gasteiger partial charge in [0.05, 0.1) is 12.6 Å². The summed E-state index contributed by atoms with van der Waals surface area (Å²) in [5, 5.41) is 17.9. The topological polar surface area (TPSA) is 71.2 Å². The van der Waals surface area contributed by atoms with Crippen LogP contribution in [0.5, 0.6) is 0 Å². The number of aryl methyl sites for hydroxylation is 1. The third-order valence-corrected chi connectivity index (χ3v) is 4.05. The van der Waals surface area contributed by atoms with Gasteiger partial charge < -0.3 is 14.6 Å². The van der Waals surface area contributed by atoms with Crippen molar-refractivity contribution in [2.45, 2.75) is 39.0 Å². The van der Waals surface area contributed by atoms with Crippen LogP contribution in [0.3, 0.4) is 0 Å². The summed E-state index contributed by atoms with van der Waals surface area (Å²) < 4.78 is 2.11. The summed E-state index contributed by atoms with van der Waals surface area (Å²) in [6.07, 6.45) is -0.191. The van der Waals surface area contributed by atoms with E-state index in [0.29, 0.717) is 13.1 Å². The molecule has 2 aromatic rings. The van der Waals surface area contributed by atoms with Gasteiger partial charge in [0.2, 0.25) is 0 Å². The van der Waals surface area contributed by atoms with E-state index in [0.717, 1.165) is 18.1 Å². The number of aromatic nitrogens is 3. The van der Waals surface area contributed by atoms with Crippen LogP contribution >= 0.6 is 0 Å². The molecule has 0 saturated carbocycles. The van der Waals surface area contributed by atoms with E-state index < -0.39 is 6.10 Å². The summed E-state index contributed by atoms with van der Waals surface area (Å²) in [6, 6.07) is 10.3. The van der Waals surface area contributed by atoms with E-state index in [4.69, 9.17) is 0 Å². The molecule has 3 rings (SSSR count). The van der Waals surface area contributed by atoms with Crippen LogP contribution in [-0.4, -0.2) is 43.3 Å². The van der Waals surface area contributed by atoms with E-state index in [1.807, 2.05) is 25.1 Å². The first-order chi connectivity index (χ1) is 10.6. The molecule has 0 unspecified atom stereocenters. The molecule has 6 heteroatoms. The van der Waals surface area contributed by atoms with Gasteiger partial charge in [-0.25, -0.2) is 0 Å². The average Bonchev–Trinajstić information content (AvgIpc) is 2.89. The number of fused-ring (bicyclic) bond motifs is 1. The Morgan fingerprint density at radius 3 is 2.77 bits per heavy atom. The maximum absolute atomic E-state index is 12.1. The van der Waals surface area contributed by atoms with Gasteiger partial charge in [0.15, 0.2) is 5.82 Å². The summed E-state index contributed by atoms with van der Waals surface area (Å²) in [4.78, 5) is 13.8. The van der Waals surface area contributed by atoms with Gasteiger partial charge in [-0.1, -0.05) is 30.3 Å². The number of aliphatic hydroxyl groups excluding tert-OH is 1. The molecule has 22 heavy (non-hydrogen) atoms. The minimum atomic E-state index is -0.993. The molecule has 0 bridgehead atoms. The van der Waals surface area contributed by atoms with Crippen LogP contribution in [0.1, 0.15) is 30.2 Å². The van der Waals surface area contributed by atoms with Crippen molar-refractivity contribution in [1.82, 2.24) is 19.7 Å². The molecule has 1 aliphatic heterocycles. The van der Waals surface area contributed by atoms with Gasteiger partial charge in [0.1, 0.15) is 11.9 Å². The van der Waals surface area contributed by atoms with Gasteiger partial charge in [0, 0.05) is 6.54 Å². The van der Waals surface area contributed by atoms with Crippen molar-refractivity contribution in [3.8, 4) is 0 Å². The van der Waals surface area contributed by atoms with Crippen LogP contribution in [0, 0.1) is 6.92 Å². The number of amides is 1. The number of rotatable bonds is 3. The Labute approximate surface area is 129 Å². The molecule has 1 amide bonds. The fourth-order valence-corrected chi connectivity index (χ4v) is 3.04. The van der Waals surface area contributed by atoms with Gasteiger partial charge in [-0.05, 0) is 25.8 Å². The summed E-state index contributed by atoms with van der Waals surface area (Å²) in [5.74, 6) is 1.38. The monoisotopic (exact) mass is 300 g/mol. The first-order valence-electron chi connectivity index (χ1n) is 7.47. The molecule has 2 atom stereocenters. The number of carbonyl (C=O) groups is 1. The quantitative estimate of drug-likeness (QED) is 0.921. The molecule has 0 aliphatic carbocycles. The third-order valence-electron chi connectivity index (χ3n) is 4.05. The zero-order valence-electron chi connectivity index (χ0n) is 12.8. The molecule has 0 spiro atoms. The summed E-state index contributed by atoms with van der Waals surface area (Å²) >= 11 is 0. The van der Waals surface area contributed by atoms with Crippen LogP contribution in [0.2, 0.25) is 0 Å². The fourth-order valence-electron chi connectivity index (χ4n) is 3.04. The lowest BCUT2D eigenvalue weighted by atomic mass is 10.0. The molecule has 1 aromatic heterocycles. The highest BCUT2D eigenvalue weighted by Crippen LogP contribution is 2.25. The Morgan fingerprint density at radius 2 is 2.09 bits per heavy atom. The number of nitrogens with zero attached hydrogens (tertiary/aromatic N) is 4. The second-order valence-electron chi connectivity index (χ2n) is 5.77. The Bertz CT molecular complexity index is 666. The second kappa shape index (κ2) is 5.88. The Hall–Kier alpha value is -2.21. The highest BCUT2D eigenvalue weighted by molar-refractivity contribution is 5.80. The van der Waals surface area contributed by atoms with Gasteiger partial charge in [-0.2, -0.15) is 0 Å². The lowest BCUT2D eigenvalue weighted by molar-refractivity contribution is -0.141. The van der Waals surface area contributed by atoms with Gasteiger partial charge in [0.25, 0.3) is 5.91 Å². The lowest BCUT2D eigenvalue weighted by Gasteiger charge is -2.35. The van der Waals surface area contributed by atoms with Crippen molar-refractivity contribution in [1.29, 1.82) is 0 Å². The highest BCUT2D eigenvalue weighted by atomic mass is 16.3. The fraction of sp³-hybridized carbons (Fsp3) is 0.438. The highest BCUT2D eigenvalue weighted by Gasteiger charge is 2.31. The molecule has 0 radical (unpaired) electrons. The molecular weight excluding hydrogens is 280 g/mol. The number of hydrogen-bond donors (Lipinski definition) is 1. The van der Waals surface area contributed by atoms with Gasteiger partial charge >= 0.3 is 0 Å². The zero-order valence-corrected chi connectivity index (χ0v) is 12.8. The molecule has 1 aliphatic rings. The van der Waals surface area contributed by atoms with Crippen LogP contribution in [-0.2, 0) is 17.8 Å². The van der Waals surface area contributed by atoms with Crippen molar-refractivity contribution in [3.05, 3.63) is 47.5 Å². The molecule has 0 fully saturated rings. The normalized spacial score (nSPS) is 18.9. The number of aliphatic hydroxyl groups is 1. The average molecular weight is 300 g/mol. The number of hydrogen-bond acceptors (Lipinski definition) is 4. The maximum Gasteiger partial charge on any atom is 0.251 e. The lowest BCUT2D eigenvalue weighted by Crippen LogP contribution is -2.45. The SMILES string of the molecule is Cc1nnc2n1[C@H](Cc1ccccc1)CN(C(=O)[C@H](C)O)C2. The molecule has 0 saturated heterocycles. The predicted molar refractivity (Wildman–Crippen MR) is 81.0 cm³/mol. The molecular formula is C16H20N4O2. The van der Waals surface area contributed by atoms with E-state index in [1.54, 1.807) is 4.90 Å². The van der Waals surface area contributed by atoms with E-state index in [1.165, 1.54) is 12.5 Å². The first-order valence-corrected chi connectivity index (χ1v) is 7.47. The van der Waals surface area contributed by atoms with E-state index in [9.17, 15) is 9.90 Å². The summed E-state index contributed by atoms with van der Waals surface area (Å²) in [7, 11) is 0.